The fourth-order valence-corrected chi connectivity index (χ4v) is 2.33. The molecule has 0 spiro atoms. The second-order valence-corrected chi connectivity index (χ2v) is 6.91. The number of hydrogen-bond acceptors (Lipinski definition) is 4. The van der Waals surface area contributed by atoms with Gasteiger partial charge in [0.15, 0.2) is 0 Å². The highest BCUT2D eigenvalue weighted by Gasteiger charge is 2.56. The summed E-state index contributed by atoms with van der Waals surface area (Å²) >= 11 is 0. The Kier molecular flexibility index (Phi) is 3.62. The topological polar surface area (TPSA) is 58.9 Å². The van der Waals surface area contributed by atoms with Crippen molar-refractivity contribution in [2.75, 3.05) is 6.61 Å². The third-order valence-electron chi connectivity index (χ3n) is 4.73. The number of alkyl halides is 3. The highest BCUT2D eigenvalue weighted by Crippen LogP contribution is 2.40. The van der Waals surface area contributed by atoms with Gasteiger partial charge in [-0.15, -0.1) is 0 Å². The van der Waals surface area contributed by atoms with E-state index in [1.807, 2.05) is 0 Å². The van der Waals surface area contributed by atoms with Crippen molar-refractivity contribution in [1.82, 2.24) is 0 Å². The summed E-state index contributed by atoms with van der Waals surface area (Å²) in [7, 11) is -1.25. The van der Waals surface area contributed by atoms with Gasteiger partial charge in [0.2, 0.25) is 5.60 Å². The molecule has 1 aliphatic rings. The molecule has 1 aromatic carbocycles. The first kappa shape index (κ1) is 15.2. The molecule has 1 unspecified atom stereocenters. The molecule has 1 aliphatic heterocycles. The molecular weight excluding hydrogens is 324 g/mol. The second kappa shape index (κ2) is 5.73. The van der Waals surface area contributed by atoms with Gasteiger partial charge >= 0.3 is 13.3 Å². The first-order valence-electron chi connectivity index (χ1n) is 8.87. The molecule has 0 saturated carbocycles. The molecule has 0 amide bonds. The maximum Gasteiger partial charge on any atom is 0.495 e. The van der Waals surface area contributed by atoms with Gasteiger partial charge in [0.25, 0.3) is 0 Å². The number of rotatable bonds is 3. The first-order valence-corrected chi connectivity index (χ1v) is 7.37. The molecule has 0 aliphatic carbocycles. The number of hydrogen-bond donors (Lipinski definition) is 2. The maximum atomic E-state index is 13.3. The molecule has 134 valence electrons. The normalized spacial score (nSPS) is 24.9. The summed E-state index contributed by atoms with van der Waals surface area (Å²) < 4.78 is 74.4. The van der Waals surface area contributed by atoms with E-state index in [9.17, 15) is 23.4 Å². The summed E-state index contributed by atoms with van der Waals surface area (Å²) in [5.41, 5.74) is -6.35. The average Bonchev–Trinajstić information content (AvgIpc) is 2.72. The fourth-order valence-electron chi connectivity index (χ4n) is 2.33. The molecule has 1 atom stereocenters. The molecular formula is C16H22BF3O4. The van der Waals surface area contributed by atoms with Crippen molar-refractivity contribution in [2.24, 2.45) is 0 Å². The smallest absolute Gasteiger partial charge is 0.399 e. The SMILES string of the molecule is [2H]C([2H])([2H])c1ccc(C(O)(CO)C(F)(F)F)cc1B1OC(C)(C)C(C)(C)O1. The van der Waals surface area contributed by atoms with Crippen molar-refractivity contribution in [2.45, 2.75) is 57.5 Å². The number of halogens is 3. The van der Waals surface area contributed by atoms with Crippen LogP contribution in [0, 0.1) is 6.85 Å². The van der Waals surface area contributed by atoms with Crippen molar-refractivity contribution in [3.8, 4) is 0 Å². The van der Waals surface area contributed by atoms with Crippen molar-refractivity contribution in [3.63, 3.8) is 0 Å². The van der Waals surface area contributed by atoms with E-state index >= 15 is 0 Å². The Labute approximate surface area is 143 Å². The van der Waals surface area contributed by atoms with Crippen LogP contribution < -0.4 is 5.46 Å². The van der Waals surface area contributed by atoms with E-state index in [1.165, 1.54) is 0 Å². The summed E-state index contributed by atoms with van der Waals surface area (Å²) in [6.45, 7) is 2.59. The van der Waals surface area contributed by atoms with Crippen molar-refractivity contribution in [3.05, 3.63) is 29.3 Å². The third kappa shape index (κ3) is 2.96. The lowest BCUT2D eigenvalue weighted by molar-refractivity contribution is -0.277. The predicted molar refractivity (Wildman–Crippen MR) is 83.9 cm³/mol. The van der Waals surface area contributed by atoms with Crippen LogP contribution in [-0.2, 0) is 14.9 Å². The van der Waals surface area contributed by atoms with Gasteiger partial charge in [-0.2, -0.15) is 13.2 Å². The van der Waals surface area contributed by atoms with E-state index in [0.717, 1.165) is 18.2 Å². The molecule has 1 fully saturated rings. The zero-order valence-corrected chi connectivity index (χ0v) is 13.9. The lowest BCUT2D eigenvalue weighted by Crippen LogP contribution is -2.47. The first-order chi connectivity index (χ1) is 12.0. The number of aliphatic hydroxyl groups excluding tert-OH is 1. The highest BCUT2D eigenvalue weighted by atomic mass is 19.4. The Balaban J connectivity index is 2.65. The van der Waals surface area contributed by atoms with Crippen LogP contribution in [0.25, 0.3) is 0 Å². The summed E-state index contributed by atoms with van der Waals surface area (Å²) in [6, 6.07) is 2.67. The zero-order valence-electron chi connectivity index (χ0n) is 16.9. The van der Waals surface area contributed by atoms with E-state index in [2.05, 4.69) is 0 Å². The van der Waals surface area contributed by atoms with Gasteiger partial charge in [-0.25, -0.2) is 0 Å². The quantitative estimate of drug-likeness (QED) is 0.820. The molecule has 1 saturated heterocycles. The van der Waals surface area contributed by atoms with E-state index in [4.69, 9.17) is 13.4 Å². The van der Waals surface area contributed by atoms with E-state index < -0.39 is 49.1 Å². The van der Waals surface area contributed by atoms with Gasteiger partial charge in [0, 0.05) is 4.11 Å². The Morgan fingerprint density at radius 2 is 1.71 bits per heavy atom. The average molecular weight is 349 g/mol. The standard InChI is InChI=1S/C16H22BF3O4/c1-10-6-7-11(15(22,9-21)16(18,19)20)8-12(10)17-23-13(2,3)14(4,5)24-17/h6-8,21-22H,9H2,1-5H3/i1D3. The molecule has 0 radical (unpaired) electrons. The Hall–Kier alpha value is -1.09. The lowest BCUT2D eigenvalue weighted by atomic mass is 9.74. The molecule has 0 bridgehead atoms. The molecule has 24 heavy (non-hydrogen) atoms. The van der Waals surface area contributed by atoms with Gasteiger partial charge in [-0.05, 0) is 45.6 Å². The van der Waals surface area contributed by atoms with Crippen molar-refractivity contribution in [1.29, 1.82) is 0 Å². The van der Waals surface area contributed by atoms with Gasteiger partial charge in [0.1, 0.15) is 0 Å². The van der Waals surface area contributed by atoms with Crippen molar-refractivity contribution < 1.29 is 36.8 Å². The van der Waals surface area contributed by atoms with Crippen LogP contribution in [0.15, 0.2) is 18.2 Å². The van der Waals surface area contributed by atoms with Crippen LogP contribution in [0.2, 0.25) is 0 Å². The zero-order chi connectivity index (χ0) is 21.1. The summed E-state index contributed by atoms with van der Waals surface area (Å²) in [6.07, 6.45) is -5.17. The Morgan fingerprint density at radius 3 is 2.12 bits per heavy atom. The van der Waals surface area contributed by atoms with Crippen LogP contribution in [0.1, 0.15) is 42.9 Å². The van der Waals surface area contributed by atoms with E-state index in [0.29, 0.717) is 0 Å². The lowest BCUT2D eigenvalue weighted by Gasteiger charge is -2.32. The van der Waals surface area contributed by atoms with Gasteiger partial charge < -0.3 is 19.5 Å². The van der Waals surface area contributed by atoms with E-state index in [1.54, 1.807) is 27.7 Å². The molecule has 4 nitrogen and oxygen atoms in total. The molecule has 2 N–H and O–H groups in total. The number of aryl methyl sites for hydroxylation is 1. The monoisotopic (exact) mass is 349 g/mol. The largest absolute Gasteiger partial charge is 0.495 e. The Morgan fingerprint density at radius 1 is 1.17 bits per heavy atom. The molecule has 1 aromatic rings. The minimum atomic E-state index is -5.17. The highest BCUT2D eigenvalue weighted by molar-refractivity contribution is 6.62. The molecule has 2 rings (SSSR count). The van der Waals surface area contributed by atoms with Crippen LogP contribution in [0.4, 0.5) is 13.2 Å². The van der Waals surface area contributed by atoms with Crippen LogP contribution in [-0.4, -0.2) is 41.3 Å². The van der Waals surface area contributed by atoms with E-state index in [-0.39, 0.29) is 11.0 Å². The third-order valence-corrected chi connectivity index (χ3v) is 4.73. The maximum absolute atomic E-state index is 13.3. The number of benzene rings is 1. The second-order valence-electron chi connectivity index (χ2n) is 6.91. The fraction of sp³-hybridized carbons (Fsp3) is 0.625. The molecule has 0 aromatic heterocycles. The van der Waals surface area contributed by atoms with Crippen LogP contribution >= 0.6 is 0 Å². The van der Waals surface area contributed by atoms with Gasteiger partial charge in [0.05, 0.1) is 17.8 Å². The van der Waals surface area contributed by atoms with Crippen LogP contribution in [0.3, 0.4) is 0 Å². The van der Waals surface area contributed by atoms with Gasteiger partial charge in [-0.1, -0.05) is 23.8 Å². The van der Waals surface area contributed by atoms with Crippen LogP contribution in [0.5, 0.6) is 0 Å². The minimum Gasteiger partial charge on any atom is -0.399 e. The predicted octanol–water partition coefficient (Wildman–Crippen LogP) is 2.04. The minimum absolute atomic E-state index is 0.151. The van der Waals surface area contributed by atoms with Crippen molar-refractivity contribution >= 4 is 12.6 Å². The summed E-state index contributed by atoms with van der Waals surface area (Å²) in [5.74, 6) is 0. The Bertz CT molecular complexity index is 706. The molecule has 8 heteroatoms. The number of aliphatic hydroxyl groups is 2. The summed E-state index contributed by atoms with van der Waals surface area (Å²) in [5, 5.41) is 19.2. The molecule has 1 heterocycles. The summed E-state index contributed by atoms with van der Waals surface area (Å²) in [4.78, 5) is 0. The van der Waals surface area contributed by atoms with Gasteiger partial charge in [-0.3, -0.25) is 0 Å².